The molecular formula is C25H17Br2ClFNO3S2. The quantitative estimate of drug-likeness (QED) is 0.189. The highest BCUT2D eigenvalue weighted by atomic mass is 79.9. The van der Waals surface area contributed by atoms with Gasteiger partial charge in [-0.3, -0.25) is 9.69 Å². The lowest BCUT2D eigenvalue weighted by molar-refractivity contribution is -0.113. The fourth-order valence-electron chi connectivity index (χ4n) is 3.31. The maximum atomic E-state index is 14.0. The van der Waals surface area contributed by atoms with Crippen molar-refractivity contribution in [1.29, 1.82) is 0 Å². The first-order valence-corrected chi connectivity index (χ1v) is 13.5. The van der Waals surface area contributed by atoms with Crippen molar-refractivity contribution in [2.45, 2.75) is 13.5 Å². The molecule has 1 saturated heterocycles. The highest BCUT2D eigenvalue weighted by Crippen LogP contribution is 2.41. The van der Waals surface area contributed by atoms with Crippen LogP contribution >= 0.6 is 67.4 Å². The van der Waals surface area contributed by atoms with Crippen LogP contribution in [0.15, 0.2) is 68.4 Å². The molecule has 0 radical (unpaired) electrons. The predicted molar refractivity (Wildman–Crippen MR) is 151 cm³/mol. The Bertz CT molecular complexity index is 1350. The number of amides is 1. The highest BCUT2D eigenvalue weighted by molar-refractivity contribution is 9.10. The Morgan fingerprint density at radius 2 is 1.89 bits per heavy atom. The van der Waals surface area contributed by atoms with E-state index in [1.54, 1.807) is 48.5 Å². The van der Waals surface area contributed by atoms with Crippen molar-refractivity contribution in [2.24, 2.45) is 0 Å². The van der Waals surface area contributed by atoms with Gasteiger partial charge in [-0.15, -0.1) is 0 Å². The summed E-state index contributed by atoms with van der Waals surface area (Å²) in [5, 5.41) is 0.483. The van der Waals surface area contributed by atoms with Gasteiger partial charge < -0.3 is 9.47 Å². The Morgan fingerprint density at radius 1 is 1.11 bits per heavy atom. The molecule has 1 aliphatic rings. The van der Waals surface area contributed by atoms with Crippen LogP contribution in [0.25, 0.3) is 6.08 Å². The SMILES string of the molecule is CCOc1cc(/C=C2\SC(=S)N(c3ccc(Br)c(Cl)c3)C2=O)cc(Br)c1OCc1ccccc1F. The molecule has 4 rings (SSSR count). The van der Waals surface area contributed by atoms with E-state index in [0.29, 0.717) is 53.6 Å². The molecular weight excluding hydrogens is 641 g/mol. The molecule has 10 heteroatoms. The third kappa shape index (κ3) is 5.91. The second-order valence-electron chi connectivity index (χ2n) is 7.26. The molecule has 1 heterocycles. The monoisotopic (exact) mass is 655 g/mol. The normalized spacial score (nSPS) is 14.7. The number of thioether (sulfide) groups is 1. The van der Waals surface area contributed by atoms with Crippen LogP contribution in [0.1, 0.15) is 18.1 Å². The lowest BCUT2D eigenvalue weighted by atomic mass is 10.1. The number of rotatable bonds is 7. The summed E-state index contributed by atoms with van der Waals surface area (Å²) in [7, 11) is 0. The van der Waals surface area contributed by atoms with Crippen molar-refractivity contribution in [2.75, 3.05) is 11.5 Å². The summed E-state index contributed by atoms with van der Waals surface area (Å²) in [5.74, 6) is 0.337. The summed E-state index contributed by atoms with van der Waals surface area (Å²) >= 11 is 19.8. The number of nitrogens with zero attached hydrogens (tertiary/aromatic N) is 1. The third-order valence-corrected chi connectivity index (χ3v) is 8.04. The smallest absolute Gasteiger partial charge is 0.270 e. The highest BCUT2D eigenvalue weighted by Gasteiger charge is 2.33. The molecule has 0 N–H and O–H groups in total. The van der Waals surface area contributed by atoms with Gasteiger partial charge in [-0.25, -0.2) is 4.39 Å². The standard InChI is InChI=1S/C25H17Br2ClFNO3S2/c1-2-32-21-10-14(9-18(27)23(21)33-13-15-5-3-4-6-20(15)29)11-22-24(31)30(25(34)35-22)16-7-8-17(26)19(28)12-16/h3-12H,2,13H2,1H3/b22-11-. The second-order valence-corrected chi connectivity index (χ2v) is 11.1. The minimum atomic E-state index is -0.340. The van der Waals surface area contributed by atoms with Crippen LogP contribution in [-0.2, 0) is 11.4 Å². The maximum absolute atomic E-state index is 14.0. The van der Waals surface area contributed by atoms with E-state index in [0.717, 1.165) is 4.47 Å². The summed E-state index contributed by atoms with van der Waals surface area (Å²) in [6.45, 7) is 2.30. The molecule has 0 unspecified atom stereocenters. The summed E-state index contributed by atoms with van der Waals surface area (Å²) in [5.41, 5.74) is 1.74. The zero-order valence-electron chi connectivity index (χ0n) is 18.2. The van der Waals surface area contributed by atoms with Crippen LogP contribution in [0.5, 0.6) is 11.5 Å². The molecule has 1 fully saturated rings. The average Bonchev–Trinajstić information content (AvgIpc) is 3.09. The van der Waals surface area contributed by atoms with E-state index in [1.165, 1.54) is 22.7 Å². The topological polar surface area (TPSA) is 38.8 Å². The first kappa shape index (κ1) is 26.2. The molecule has 0 atom stereocenters. The van der Waals surface area contributed by atoms with E-state index in [4.69, 9.17) is 33.3 Å². The zero-order valence-corrected chi connectivity index (χ0v) is 23.7. The lowest BCUT2D eigenvalue weighted by Gasteiger charge is -2.15. The van der Waals surface area contributed by atoms with Gasteiger partial charge in [-0.2, -0.15) is 0 Å². The Kier molecular flexibility index (Phi) is 8.54. The number of carbonyl (C=O) groups is 1. The second kappa shape index (κ2) is 11.4. The maximum Gasteiger partial charge on any atom is 0.270 e. The van der Waals surface area contributed by atoms with Gasteiger partial charge >= 0.3 is 0 Å². The molecule has 0 aromatic heterocycles. The van der Waals surface area contributed by atoms with Crippen molar-refractivity contribution in [3.63, 3.8) is 0 Å². The largest absolute Gasteiger partial charge is 0.490 e. The van der Waals surface area contributed by atoms with E-state index >= 15 is 0 Å². The number of ether oxygens (including phenoxy) is 2. The van der Waals surface area contributed by atoms with Crippen molar-refractivity contribution in [1.82, 2.24) is 0 Å². The van der Waals surface area contributed by atoms with Gasteiger partial charge in [-0.1, -0.05) is 53.8 Å². The average molecular weight is 658 g/mol. The van der Waals surface area contributed by atoms with E-state index in [-0.39, 0.29) is 18.3 Å². The molecule has 1 amide bonds. The number of hydrogen-bond donors (Lipinski definition) is 0. The fourth-order valence-corrected chi connectivity index (χ4v) is 5.60. The molecule has 0 saturated carbocycles. The number of carbonyl (C=O) groups excluding carboxylic acids is 1. The molecule has 3 aromatic carbocycles. The molecule has 4 nitrogen and oxygen atoms in total. The van der Waals surface area contributed by atoms with E-state index in [2.05, 4.69) is 31.9 Å². The first-order valence-electron chi connectivity index (χ1n) is 10.3. The van der Waals surface area contributed by atoms with Gasteiger partial charge in [0.05, 0.1) is 26.7 Å². The van der Waals surface area contributed by atoms with Crippen molar-refractivity contribution in [3.05, 3.63) is 90.4 Å². The minimum absolute atomic E-state index is 0.0408. The van der Waals surface area contributed by atoms with E-state index in [9.17, 15) is 9.18 Å². The van der Waals surface area contributed by atoms with Crippen molar-refractivity contribution < 1.29 is 18.7 Å². The van der Waals surface area contributed by atoms with Crippen LogP contribution < -0.4 is 14.4 Å². The van der Waals surface area contributed by atoms with Crippen LogP contribution in [0.3, 0.4) is 0 Å². The van der Waals surface area contributed by atoms with Crippen LogP contribution in [0.4, 0.5) is 10.1 Å². The van der Waals surface area contributed by atoms with E-state index in [1.807, 2.05) is 13.0 Å². The molecule has 0 spiro atoms. The van der Waals surface area contributed by atoms with Gasteiger partial charge in [-0.05, 0) is 86.8 Å². The fraction of sp³-hybridized carbons (Fsp3) is 0.120. The Balaban J connectivity index is 1.61. The Labute approximate surface area is 233 Å². The van der Waals surface area contributed by atoms with Gasteiger partial charge in [0.15, 0.2) is 15.8 Å². The molecule has 0 aliphatic carbocycles. The van der Waals surface area contributed by atoms with Crippen LogP contribution in [0, 0.1) is 5.82 Å². The summed E-state index contributed by atoms with van der Waals surface area (Å²) in [6.07, 6.45) is 1.74. The van der Waals surface area contributed by atoms with Gasteiger partial charge in [0.25, 0.3) is 5.91 Å². The van der Waals surface area contributed by atoms with Crippen LogP contribution in [-0.4, -0.2) is 16.8 Å². The van der Waals surface area contributed by atoms with Crippen molar-refractivity contribution in [3.8, 4) is 11.5 Å². The third-order valence-electron chi connectivity index (χ3n) is 4.91. The molecule has 0 bridgehead atoms. The summed E-state index contributed by atoms with van der Waals surface area (Å²) in [4.78, 5) is 15.1. The van der Waals surface area contributed by atoms with Gasteiger partial charge in [0.1, 0.15) is 12.4 Å². The number of anilines is 1. The lowest BCUT2D eigenvalue weighted by Crippen LogP contribution is -2.27. The number of hydrogen-bond acceptors (Lipinski definition) is 5. The molecule has 1 aliphatic heterocycles. The van der Waals surface area contributed by atoms with Gasteiger partial charge in [0, 0.05) is 10.0 Å². The van der Waals surface area contributed by atoms with E-state index < -0.39 is 0 Å². The first-order chi connectivity index (χ1) is 16.8. The predicted octanol–water partition coefficient (Wildman–Crippen LogP) is 8.39. The number of benzene rings is 3. The summed E-state index contributed by atoms with van der Waals surface area (Å²) < 4.78 is 27.4. The Hall–Kier alpha value is -1.91. The summed E-state index contributed by atoms with van der Waals surface area (Å²) in [6, 6.07) is 15.2. The van der Waals surface area contributed by atoms with Gasteiger partial charge in [0.2, 0.25) is 0 Å². The number of thiocarbonyl (C=S) groups is 1. The van der Waals surface area contributed by atoms with Crippen molar-refractivity contribution >= 4 is 89.4 Å². The van der Waals surface area contributed by atoms with Crippen LogP contribution in [0.2, 0.25) is 5.02 Å². The molecule has 3 aromatic rings. The molecule has 35 heavy (non-hydrogen) atoms. The minimum Gasteiger partial charge on any atom is -0.490 e. The zero-order chi connectivity index (χ0) is 25.1. The number of halogens is 4. The molecule has 180 valence electrons. The Morgan fingerprint density at radius 3 is 2.60 bits per heavy atom.